The van der Waals surface area contributed by atoms with E-state index in [0.29, 0.717) is 11.4 Å². The smallest absolute Gasteiger partial charge is 0.228 e. The number of rotatable bonds is 3. The van der Waals surface area contributed by atoms with Crippen LogP contribution in [0.5, 0.6) is 0 Å². The molecule has 1 rings (SSSR count). The van der Waals surface area contributed by atoms with Gasteiger partial charge in [0.05, 0.1) is 6.20 Å². The Hall–Kier alpha value is -1.83. The molecule has 1 aromatic rings. The largest absolute Gasteiger partial charge is 0.310 e. The number of H-pyrrole nitrogens is 1. The van der Waals surface area contributed by atoms with E-state index in [2.05, 4.69) is 15.5 Å². The van der Waals surface area contributed by atoms with Crippen molar-refractivity contribution in [2.45, 2.75) is 20.3 Å². The maximum Gasteiger partial charge on any atom is 0.228 e. The summed E-state index contributed by atoms with van der Waals surface area (Å²) in [6.45, 7) is 3.76. The van der Waals surface area contributed by atoms with E-state index in [4.69, 9.17) is 5.26 Å². The molecule has 5 heteroatoms. The lowest BCUT2D eigenvalue weighted by atomic mass is 10.1. The molecule has 0 aromatic carbocycles. The van der Waals surface area contributed by atoms with Gasteiger partial charge in [-0.1, -0.05) is 13.8 Å². The summed E-state index contributed by atoms with van der Waals surface area (Å²) in [5.41, 5.74) is 0.349. The molecule has 1 atom stereocenters. The quantitative estimate of drug-likeness (QED) is 0.756. The van der Waals surface area contributed by atoms with Gasteiger partial charge in [0.15, 0.2) is 0 Å². The zero-order chi connectivity index (χ0) is 10.6. The van der Waals surface area contributed by atoms with Gasteiger partial charge in [-0.05, 0) is 6.42 Å². The van der Waals surface area contributed by atoms with Crippen LogP contribution in [0.3, 0.4) is 0 Å². The molecule has 0 saturated carbocycles. The van der Waals surface area contributed by atoms with E-state index in [-0.39, 0.29) is 11.8 Å². The molecule has 1 amide bonds. The average molecular weight is 192 g/mol. The first kappa shape index (κ1) is 10.3. The predicted molar refractivity (Wildman–Crippen MR) is 51.4 cm³/mol. The number of carbonyl (C=O) groups excluding carboxylic acids is 1. The molecule has 1 heterocycles. The maximum absolute atomic E-state index is 11.4. The van der Waals surface area contributed by atoms with Gasteiger partial charge in [0.25, 0.3) is 0 Å². The number of anilines is 1. The lowest BCUT2D eigenvalue weighted by molar-refractivity contribution is -0.119. The van der Waals surface area contributed by atoms with Gasteiger partial charge < -0.3 is 5.32 Å². The van der Waals surface area contributed by atoms with Crippen molar-refractivity contribution in [3.8, 4) is 6.07 Å². The van der Waals surface area contributed by atoms with Gasteiger partial charge in [0.2, 0.25) is 5.91 Å². The van der Waals surface area contributed by atoms with Crippen LogP contribution in [0.25, 0.3) is 0 Å². The van der Waals surface area contributed by atoms with E-state index >= 15 is 0 Å². The van der Waals surface area contributed by atoms with Gasteiger partial charge in [-0.15, -0.1) is 0 Å². The number of nitrogens with zero attached hydrogens (tertiary/aromatic N) is 2. The van der Waals surface area contributed by atoms with Gasteiger partial charge >= 0.3 is 0 Å². The van der Waals surface area contributed by atoms with Crippen molar-refractivity contribution in [1.29, 1.82) is 5.26 Å². The fourth-order valence-corrected chi connectivity index (χ4v) is 0.898. The summed E-state index contributed by atoms with van der Waals surface area (Å²) in [6, 6.07) is 1.93. The van der Waals surface area contributed by atoms with Crippen molar-refractivity contribution >= 4 is 11.7 Å². The van der Waals surface area contributed by atoms with Crippen molar-refractivity contribution < 1.29 is 4.79 Å². The maximum atomic E-state index is 11.4. The molecular formula is C9H12N4O. The van der Waals surface area contributed by atoms with Gasteiger partial charge in [-0.25, -0.2) is 0 Å². The predicted octanol–water partition coefficient (Wildman–Crippen LogP) is 1.27. The first-order valence-electron chi connectivity index (χ1n) is 4.43. The number of aromatic nitrogens is 2. The molecule has 0 fully saturated rings. The third-order valence-corrected chi connectivity index (χ3v) is 2.07. The molecule has 2 N–H and O–H groups in total. The zero-order valence-electron chi connectivity index (χ0n) is 8.16. The number of hydrogen-bond acceptors (Lipinski definition) is 3. The minimum absolute atomic E-state index is 0.0650. The van der Waals surface area contributed by atoms with Crippen LogP contribution >= 0.6 is 0 Å². The Kier molecular flexibility index (Phi) is 3.24. The fraction of sp³-hybridized carbons (Fsp3) is 0.444. The van der Waals surface area contributed by atoms with Crippen LogP contribution in [-0.2, 0) is 4.79 Å². The first-order valence-corrected chi connectivity index (χ1v) is 4.43. The summed E-state index contributed by atoms with van der Waals surface area (Å²) in [5, 5.41) is 17.5. The number of nitriles is 1. The third kappa shape index (κ3) is 2.10. The molecule has 5 nitrogen and oxygen atoms in total. The van der Waals surface area contributed by atoms with Crippen LogP contribution in [0, 0.1) is 17.2 Å². The minimum atomic E-state index is -0.103. The van der Waals surface area contributed by atoms with Crippen LogP contribution in [-0.4, -0.2) is 16.1 Å². The number of amides is 1. The van der Waals surface area contributed by atoms with Crippen LogP contribution in [0.1, 0.15) is 25.8 Å². The Balaban J connectivity index is 2.70. The Morgan fingerprint density at radius 2 is 2.57 bits per heavy atom. The molecule has 0 radical (unpaired) electrons. The fourth-order valence-electron chi connectivity index (χ4n) is 0.898. The topological polar surface area (TPSA) is 81.6 Å². The number of carbonyl (C=O) groups is 1. The van der Waals surface area contributed by atoms with Gasteiger partial charge in [0, 0.05) is 5.92 Å². The molecule has 0 aliphatic heterocycles. The molecule has 1 unspecified atom stereocenters. The van der Waals surface area contributed by atoms with Crippen molar-refractivity contribution in [2.24, 2.45) is 5.92 Å². The summed E-state index contributed by atoms with van der Waals surface area (Å²) in [6.07, 6.45) is 2.15. The second kappa shape index (κ2) is 4.42. The van der Waals surface area contributed by atoms with Crippen molar-refractivity contribution in [3.63, 3.8) is 0 Å². The van der Waals surface area contributed by atoms with E-state index in [1.165, 1.54) is 6.20 Å². The first-order chi connectivity index (χ1) is 6.69. The van der Waals surface area contributed by atoms with Crippen LogP contribution < -0.4 is 5.32 Å². The highest BCUT2D eigenvalue weighted by Crippen LogP contribution is 2.11. The monoisotopic (exact) mass is 192 g/mol. The van der Waals surface area contributed by atoms with Crippen molar-refractivity contribution in [3.05, 3.63) is 11.8 Å². The molecule has 0 aliphatic rings. The molecule has 0 bridgehead atoms. The highest BCUT2D eigenvalue weighted by atomic mass is 16.1. The molecule has 0 saturated heterocycles. The molecule has 14 heavy (non-hydrogen) atoms. The van der Waals surface area contributed by atoms with E-state index in [1.807, 2.05) is 19.9 Å². The summed E-state index contributed by atoms with van der Waals surface area (Å²) in [5.74, 6) is 0.205. The highest BCUT2D eigenvalue weighted by Gasteiger charge is 2.13. The number of nitrogens with one attached hydrogen (secondary N) is 2. The van der Waals surface area contributed by atoms with E-state index in [1.54, 1.807) is 0 Å². The van der Waals surface area contributed by atoms with Crippen LogP contribution in [0.2, 0.25) is 0 Å². The molecule has 0 spiro atoms. The second-order valence-corrected chi connectivity index (χ2v) is 3.07. The van der Waals surface area contributed by atoms with Crippen molar-refractivity contribution in [1.82, 2.24) is 10.2 Å². The zero-order valence-corrected chi connectivity index (χ0v) is 8.16. The van der Waals surface area contributed by atoms with Crippen LogP contribution in [0.4, 0.5) is 5.82 Å². The molecular weight excluding hydrogens is 180 g/mol. The Morgan fingerprint density at radius 3 is 3.14 bits per heavy atom. The molecule has 1 aromatic heterocycles. The Labute approximate surface area is 82.1 Å². The minimum Gasteiger partial charge on any atom is -0.310 e. The van der Waals surface area contributed by atoms with Crippen molar-refractivity contribution in [2.75, 3.05) is 5.32 Å². The lowest BCUT2D eigenvalue weighted by Gasteiger charge is -2.07. The summed E-state index contributed by atoms with van der Waals surface area (Å²) in [4.78, 5) is 11.4. The molecule has 0 aliphatic carbocycles. The third-order valence-electron chi connectivity index (χ3n) is 2.07. The van der Waals surface area contributed by atoms with Gasteiger partial charge in [0.1, 0.15) is 17.5 Å². The Bertz CT molecular complexity index is 363. The molecule has 74 valence electrons. The van der Waals surface area contributed by atoms with Gasteiger partial charge in [-0.3, -0.25) is 9.89 Å². The van der Waals surface area contributed by atoms with E-state index < -0.39 is 0 Å². The number of aromatic amines is 1. The van der Waals surface area contributed by atoms with E-state index in [0.717, 1.165) is 6.42 Å². The SMILES string of the molecule is CCC(C)C(=O)Nc1[nH]ncc1C#N. The highest BCUT2D eigenvalue weighted by molar-refractivity contribution is 5.92. The second-order valence-electron chi connectivity index (χ2n) is 3.07. The summed E-state index contributed by atoms with van der Waals surface area (Å²) >= 11 is 0. The van der Waals surface area contributed by atoms with E-state index in [9.17, 15) is 4.79 Å². The summed E-state index contributed by atoms with van der Waals surface area (Å²) < 4.78 is 0. The lowest BCUT2D eigenvalue weighted by Crippen LogP contribution is -2.20. The van der Waals surface area contributed by atoms with Gasteiger partial charge in [-0.2, -0.15) is 10.4 Å². The summed E-state index contributed by atoms with van der Waals surface area (Å²) in [7, 11) is 0. The normalized spacial score (nSPS) is 11.8. The Morgan fingerprint density at radius 1 is 1.86 bits per heavy atom. The number of hydrogen-bond donors (Lipinski definition) is 2. The standard InChI is InChI=1S/C9H12N4O/c1-3-6(2)9(14)12-8-7(4-10)5-11-13-8/h5-6H,3H2,1-2H3,(H2,11,12,13,14). The van der Waals surface area contributed by atoms with Crippen LogP contribution in [0.15, 0.2) is 6.20 Å². The average Bonchev–Trinajstić information content (AvgIpc) is 2.63.